The number of ether oxygens (including phenoxy) is 2. The van der Waals surface area contributed by atoms with E-state index < -0.39 is 0 Å². The van der Waals surface area contributed by atoms with Crippen molar-refractivity contribution in [2.45, 2.75) is 19.1 Å². The van der Waals surface area contributed by atoms with Crippen LogP contribution in [0.15, 0.2) is 59.6 Å². The fourth-order valence-corrected chi connectivity index (χ4v) is 3.61. The zero-order valence-corrected chi connectivity index (χ0v) is 19.9. The summed E-state index contributed by atoms with van der Waals surface area (Å²) in [4.78, 5) is 6.68. The Morgan fingerprint density at radius 1 is 1.20 bits per heavy atom. The van der Waals surface area contributed by atoms with Gasteiger partial charge in [-0.2, -0.15) is 0 Å². The highest BCUT2D eigenvalue weighted by Gasteiger charge is 2.25. The van der Waals surface area contributed by atoms with Crippen molar-refractivity contribution < 1.29 is 13.9 Å². The number of likely N-dealkylation sites (tertiary alicyclic amines) is 1. The predicted octanol–water partition coefficient (Wildman–Crippen LogP) is 4.25. The quantitative estimate of drug-likeness (QED) is 0.317. The van der Waals surface area contributed by atoms with Crippen LogP contribution in [-0.2, 0) is 16.1 Å². The predicted molar refractivity (Wildman–Crippen MR) is 129 cm³/mol. The van der Waals surface area contributed by atoms with Gasteiger partial charge in [0.2, 0.25) is 0 Å². The van der Waals surface area contributed by atoms with Crippen molar-refractivity contribution >= 4 is 29.9 Å². The van der Waals surface area contributed by atoms with Gasteiger partial charge in [0.15, 0.2) is 5.96 Å². The first-order chi connectivity index (χ1) is 14.2. The monoisotopic (exact) mass is 527 g/mol. The highest BCUT2D eigenvalue weighted by Crippen LogP contribution is 2.19. The first kappa shape index (κ1) is 24.6. The maximum absolute atomic E-state index is 13.2. The van der Waals surface area contributed by atoms with Gasteiger partial charge in [0.25, 0.3) is 0 Å². The molecule has 164 valence electrons. The maximum Gasteiger partial charge on any atom is 0.193 e. The van der Waals surface area contributed by atoms with Crippen molar-refractivity contribution in [1.82, 2.24) is 10.2 Å². The van der Waals surface area contributed by atoms with Crippen LogP contribution in [-0.4, -0.2) is 51.3 Å². The molecule has 0 radical (unpaired) electrons. The molecule has 1 aliphatic heterocycles. The Morgan fingerprint density at radius 2 is 1.93 bits per heavy atom. The third-order valence-corrected chi connectivity index (χ3v) is 5.23. The average molecular weight is 527 g/mol. The number of methoxy groups -OCH3 is 1. The fourth-order valence-electron chi connectivity index (χ4n) is 3.61. The van der Waals surface area contributed by atoms with Crippen molar-refractivity contribution in [2.24, 2.45) is 10.9 Å². The van der Waals surface area contributed by atoms with Crippen LogP contribution in [0, 0.1) is 11.7 Å². The molecule has 2 unspecified atom stereocenters. The van der Waals surface area contributed by atoms with Gasteiger partial charge in [-0.3, -0.25) is 4.99 Å². The SMILES string of the molecule is CN=C(NCC(OC)c1ccc(F)cc1)N1CCC(COCc2ccccc2)C1.I. The highest BCUT2D eigenvalue weighted by atomic mass is 127. The smallest absolute Gasteiger partial charge is 0.193 e. The molecule has 2 aromatic carbocycles. The summed E-state index contributed by atoms with van der Waals surface area (Å²) in [6.45, 7) is 3.84. The maximum atomic E-state index is 13.2. The van der Waals surface area contributed by atoms with E-state index in [1.165, 1.54) is 17.7 Å². The summed E-state index contributed by atoms with van der Waals surface area (Å²) in [5.74, 6) is 1.11. The molecular weight excluding hydrogens is 496 g/mol. The van der Waals surface area contributed by atoms with Crippen molar-refractivity contribution in [3.63, 3.8) is 0 Å². The molecule has 5 nitrogen and oxygen atoms in total. The molecule has 1 N–H and O–H groups in total. The molecule has 1 aliphatic rings. The number of rotatable bonds is 8. The fraction of sp³-hybridized carbons (Fsp3) is 0.435. The second kappa shape index (κ2) is 12.9. The number of benzene rings is 2. The van der Waals surface area contributed by atoms with Gasteiger partial charge >= 0.3 is 0 Å². The summed E-state index contributed by atoms with van der Waals surface area (Å²) in [7, 11) is 3.45. The van der Waals surface area contributed by atoms with Gasteiger partial charge in [0, 0.05) is 39.7 Å². The normalized spacial score (nSPS) is 17.5. The Labute approximate surface area is 195 Å². The third-order valence-electron chi connectivity index (χ3n) is 5.23. The van der Waals surface area contributed by atoms with Crippen LogP contribution in [0.2, 0.25) is 0 Å². The number of nitrogens with zero attached hydrogens (tertiary/aromatic N) is 2. The van der Waals surface area contributed by atoms with E-state index in [0.717, 1.165) is 37.6 Å². The first-order valence-corrected chi connectivity index (χ1v) is 10.0. The van der Waals surface area contributed by atoms with Gasteiger partial charge in [-0.05, 0) is 29.7 Å². The molecule has 7 heteroatoms. The Bertz CT molecular complexity index is 774. The summed E-state index contributed by atoms with van der Waals surface area (Å²) in [5.41, 5.74) is 2.14. The number of guanidine groups is 1. The van der Waals surface area contributed by atoms with Crippen LogP contribution in [0.1, 0.15) is 23.7 Å². The summed E-state index contributed by atoms with van der Waals surface area (Å²) in [5, 5.41) is 3.39. The van der Waals surface area contributed by atoms with Crippen LogP contribution >= 0.6 is 24.0 Å². The molecule has 0 aromatic heterocycles. The van der Waals surface area contributed by atoms with E-state index >= 15 is 0 Å². The van der Waals surface area contributed by atoms with Crippen LogP contribution in [0.25, 0.3) is 0 Å². The molecule has 0 bridgehead atoms. The Hall–Kier alpha value is -1.71. The zero-order chi connectivity index (χ0) is 20.5. The lowest BCUT2D eigenvalue weighted by molar-refractivity contribution is 0.0904. The molecule has 0 aliphatic carbocycles. The lowest BCUT2D eigenvalue weighted by Crippen LogP contribution is -2.42. The molecule has 2 atom stereocenters. The number of aliphatic imine (C=N–C) groups is 1. The Kier molecular flexibility index (Phi) is 10.5. The summed E-state index contributed by atoms with van der Waals surface area (Å²) >= 11 is 0. The van der Waals surface area contributed by atoms with E-state index in [4.69, 9.17) is 9.47 Å². The van der Waals surface area contributed by atoms with Gasteiger partial charge in [-0.1, -0.05) is 42.5 Å². The number of halogens is 2. The lowest BCUT2D eigenvalue weighted by atomic mass is 10.1. The van der Waals surface area contributed by atoms with Crippen molar-refractivity contribution in [2.75, 3.05) is 40.4 Å². The van der Waals surface area contributed by atoms with Gasteiger partial charge in [0.1, 0.15) is 5.82 Å². The molecule has 30 heavy (non-hydrogen) atoms. The van der Waals surface area contributed by atoms with Gasteiger partial charge in [0.05, 0.1) is 19.3 Å². The van der Waals surface area contributed by atoms with Gasteiger partial charge in [-0.25, -0.2) is 4.39 Å². The van der Waals surface area contributed by atoms with Crippen LogP contribution in [0.4, 0.5) is 4.39 Å². The second-order valence-electron chi connectivity index (χ2n) is 7.31. The van der Waals surface area contributed by atoms with Crippen LogP contribution in [0.5, 0.6) is 0 Å². The van der Waals surface area contributed by atoms with Crippen molar-refractivity contribution in [3.8, 4) is 0 Å². The molecular formula is C23H31FIN3O2. The minimum atomic E-state index is -0.245. The molecule has 0 spiro atoms. The Balaban J connectivity index is 0.00000320. The van der Waals surface area contributed by atoms with Crippen LogP contribution in [0.3, 0.4) is 0 Å². The summed E-state index contributed by atoms with van der Waals surface area (Å²) in [6.07, 6.45) is 0.918. The van der Waals surface area contributed by atoms with E-state index in [-0.39, 0.29) is 35.9 Å². The molecule has 0 saturated carbocycles. The van der Waals surface area contributed by atoms with E-state index in [9.17, 15) is 4.39 Å². The molecule has 1 fully saturated rings. The Morgan fingerprint density at radius 3 is 2.60 bits per heavy atom. The van der Waals surface area contributed by atoms with Crippen LogP contribution < -0.4 is 5.32 Å². The topological polar surface area (TPSA) is 46.1 Å². The lowest BCUT2D eigenvalue weighted by Gasteiger charge is -2.24. The first-order valence-electron chi connectivity index (χ1n) is 10.0. The molecule has 3 rings (SSSR count). The van der Waals surface area contributed by atoms with Gasteiger partial charge in [-0.15, -0.1) is 24.0 Å². The molecule has 0 amide bonds. The van der Waals surface area contributed by atoms with Crippen molar-refractivity contribution in [1.29, 1.82) is 0 Å². The zero-order valence-electron chi connectivity index (χ0n) is 17.6. The minimum absolute atomic E-state index is 0. The number of hydrogen-bond donors (Lipinski definition) is 1. The van der Waals surface area contributed by atoms with E-state index in [1.54, 1.807) is 26.3 Å². The number of nitrogens with one attached hydrogen (secondary N) is 1. The van der Waals surface area contributed by atoms with E-state index in [2.05, 4.69) is 27.3 Å². The second-order valence-corrected chi connectivity index (χ2v) is 7.31. The van der Waals surface area contributed by atoms with Gasteiger partial charge < -0.3 is 19.7 Å². The average Bonchev–Trinajstić information content (AvgIpc) is 3.22. The molecule has 1 saturated heterocycles. The summed E-state index contributed by atoms with van der Waals surface area (Å²) in [6, 6.07) is 16.7. The van der Waals surface area contributed by atoms with E-state index in [0.29, 0.717) is 19.1 Å². The minimum Gasteiger partial charge on any atom is -0.376 e. The highest BCUT2D eigenvalue weighted by molar-refractivity contribution is 14.0. The molecule has 1 heterocycles. The molecule has 2 aromatic rings. The largest absolute Gasteiger partial charge is 0.376 e. The number of hydrogen-bond acceptors (Lipinski definition) is 3. The third kappa shape index (κ3) is 7.21. The van der Waals surface area contributed by atoms with E-state index in [1.807, 2.05) is 18.2 Å². The standard InChI is InChI=1S/C23H30FN3O2.HI/c1-25-23(26-14-22(28-2)20-8-10-21(24)11-9-20)27-13-12-19(15-27)17-29-16-18-6-4-3-5-7-18;/h3-11,19,22H,12-17H2,1-2H3,(H,25,26);1H. The summed E-state index contributed by atoms with van der Waals surface area (Å²) < 4.78 is 24.6. The van der Waals surface area contributed by atoms with Crippen molar-refractivity contribution in [3.05, 3.63) is 71.5 Å².